The van der Waals surface area contributed by atoms with Gasteiger partial charge < -0.3 is 9.64 Å². The maximum absolute atomic E-state index is 13.7. The molecule has 1 atom stereocenters. The van der Waals surface area contributed by atoms with Crippen LogP contribution >= 0.6 is 11.3 Å². The van der Waals surface area contributed by atoms with Crippen LogP contribution in [0.5, 0.6) is 5.75 Å². The predicted octanol–water partition coefficient (Wildman–Crippen LogP) is 3.85. The summed E-state index contributed by atoms with van der Waals surface area (Å²) in [6.07, 6.45) is 1.33. The van der Waals surface area contributed by atoms with E-state index in [1.165, 1.54) is 16.2 Å². The third kappa shape index (κ3) is 3.77. The Kier molecular flexibility index (Phi) is 5.91. The number of hydrogen-bond acceptors (Lipinski definition) is 6. The summed E-state index contributed by atoms with van der Waals surface area (Å²) in [5.41, 5.74) is 0.523. The van der Waals surface area contributed by atoms with Crippen LogP contribution in [0.3, 0.4) is 0 Å². The van der Waals surface area contributed by atoms with E-state index >= 15 is 0 Å². The van der Waals surface area contributed by atoms with E-state index in [4.69, 9.17) is 4.74 Å². The number of aromatic nitrogens is 1. The first-order valence-corrected chi connectivity index (χ1v) is 12.2. The smallest absolute Gasteiger partial charge is 0.250 e. The van der Waals surface area contributed by atoms with Gasteiger partial charge in [-0.25, -0.2) is 4.98 Å². The fourth-order valence-corrected chi connectivity index (χ4v) is 5.35. The Balaban J connectivity index is 1.31. The number of unbranched alkanes of at least 4 members (excludes halogenated alkanes) is 1. The minimum absolute atomic E-state index is 0.0933. The summed E-state index contributed by atoms with van der Waals surface area (Å²) in [7, 11) is 0. The Hall–Kier alpha value is -3.52. The topological polar surface area (TPSA) is 79.8 Å². The number of nitrogens with zero attached hydrogens (tertiary/aromatic N) is 3. The zero-order valence-corrected chi connectivity index (χ0v) is 19.7. The number of hydrogen-bond donors (Lipinski definition) is 0. The highest BCUT2D eigenvalue weighted by atomic mass is 32.1. The Labute approximate surface area is 202 Å². The van der Waals surface area contributed by atoms with Crippen molar-refractivity contribution in [3.63, 3.8) is 0 Å². The molecule has 1 fully saturated rings. The summed E-state index contributed by atoms with van der Waals surface area (Å²) >= 11 is 1.47. The summed E-state index contributed by atoms with van der Waals surface area (Å²) < 4.78 is 5.75. The summed E-state index contributed by atoms with van der Waals surface area (Å²) in [4.78, 5) is 47.5. The molecule has 0 N–H and O–H groups in total. The van der Waals surface area contributed by atoms with Crippen LogP contribution in [0.25, 0.3) is 0 Å². The molecule has 0 saturated carbocycles. The van der Waals surface area contributed by atoms with Crippen molar-refractivity contribution >= 4 is 34.7 Å². The number of aryl methyl sites for hydroxylation is 1. The van der Waals surface area contributed by atoms with Gasteiger partial charge >= 0.3 is 0 Å². The van der Waals surface area contributed by atoms with E-state index in [1.807, 2.05) is 60.8 Å². The molecule has 1 spiro atoms. The number of ether oxygens (including phenoxy) is 1. The van der Waals surface area contributed by atoms with Gasteiger partial charge in [-0.1, -0.05) is 36.4 Å². The van der Waals surface area contributed by atoms with Gasteiger partial charge in [-0.15, -0.1) is 11.3 Å². The number of rotatable bonds is 8. The average Bonchev–Trinajstić information content (AvgIpc) is 3.45. The molecule has 0 bridgehead atoms. The van der Waals surface area contributed by atoms with Crippen LogP contribution in [-0.4, -0.2) is 40.8 Å². The van der Waals surface area contributed by atoms with E-state index in [2.05, 4.69) is 4.98 Å². The first-order chi connectivity index (χ1) is 16.5. The predicted molar refractivity (Wildman–Crippen MR) is 129 cm³/mol. The molecule has 1 saturated heterocycles. The van der Waals surface area contributed by atoms with E-state index in [-0.39, 0.29) is 24.8 Å². The number of thiazole rings is 1. The minimum atomic E-state index is -1.47. The molecular weight excluding hydrogens is 450 g/mol. The average molecular weight is 476 g/mol. The number of likely N-dealkylation sites (tertiary alicyclic amines) is 1. The molecule has 3 amide bonds. The van der Waals surface area contributed by atoms with E-state index in [1.54, 1.807) is 11.0 Å². The molecule has 3 heterocycles. The van der Waals surface area contributed by atoms with Crippen LogP contribution in [0, 0.1) is 6.92 Å². The zero-order chi connectivity index (χ0) is 23.7. The quantitative estimate of drug-likeness (QED) is 0.281. The highest BCUT2D eigenvalue weighted by molar-refractivity contribution is 7.09. The summed E-state index contributed by atoms with van der Waals surface area (Å²) in [5, 5.41) is 2.71. The molecule has 34 heavy (non-hydrogen) atoms. The van der Waals surface area contributed by atoms with Crippen molar-refractivity contribution in [2.45, 2.75) is 38.1 Å². The van der Waals surface area contributed by atoms with Gasteiger partial charge in [0.25, 0.3) is 0 Å². The van der Waals surface area contributed by atoms with Crippen molar-refractivity contribution < 1.29 is 19.1 Å². The molecule has 0 aliphatic carbocycles. The van der Waals surface area contributed by atoms with Gasteiger partial charge in [0, 0.05) is 23.2 Å². The Morgan fingerprint density at radius 2 is 1.71 bits per heavy atom. The molecule has 5 rings (SSSR count). The van der Waals surface area contributed by atoms with E-state index < -0.39 is 11.3 Å². The highest BCUT2D eigenvalue weighted by Crippen LogP contribution is 2.48. The monoisotopic (exact) mass is 475 g/mol. The Bertz CT molecular complexity index is 1240. The number of imide groups is 1. The van der Waals surface area contributed by atoms with Crippen LogP contribution in [0.1, 0.15) is 35.5 Å². The number of para-hydroxylation sites is 2. The molecule has 0 radical (unpaired) electrons. The highest BCUT2D eigenvalue weighted by Gasteiger charge is 2.63. The van der Waals surface area contributed by atoms with Crippen molar-refractivity contribution in [2.75, 3.05) is 18.1 Å². The lowest BCUT2D eigenvalue weighted by Gasteiger charge is -2.22. The van der Waals surface area contributed by atoms with Gasteiger partial charge in [0.2, 0.25) is 17.7 Å². The molecule has 7 nitrogen and oxygen atoms in total. The van der Waals surface area contributed by atoms with E-state index in [9.17, 15) is 14.4 Å². The minimum Gasteiger partial charge on any atom is -0.494 e. The van der Waals surface area contributed by atoms with Crippen molar-refractivity contribution in [3.05, 3.63) is 76.2 Å². The zero-order valence-electron chi connectivity index (χ0n) is 18.9. The normalized spacial score (nSPS) is 19.4. The second kappa shape index (κ2) is 9.02. The molecule has 174 valence electrons. The number of carbonyl (C=O) groups is 3. The van der Waals surface area contributed by atoms with Crippen LogP contribution in [0.2, 0.25) is 0 Å². The van der Waals surface area contributed by atoms with Gasteiger partial charge in [-0.05, 0) is 38.0 Å². The maximum atomic E-state index is 13.7. The lowest BCUT2D eigenvalue weighted by atomic mass is 9.80. The number of benzene rings is 2. The van der Waals surface area contributed by atoms with Crippen LogP contribution in [-0.2, 0) is 26.3 Å². The molecule has 2 aliphatic heterocycles. The fourth-order valence-electron chi connectivity index (χ4n) is 4.75. The first kappa shape index (κ1) is 22.3. The van der Waals surface area contributed by atoms with E-state index in [0.29, 0.717) is 36.5 Å². The summed E-state index contributed by atoms with van der Waals surface area (Å²) in [6.45, 7) is 2.97. The van der Waals surface area contributed by atoms with E-state index in [0.717, 1.165) is 17.2 Å². The lowest BCUT2D eigenvalue weighted by Crippen LogP contribution is -2.46. The SMILES string of the molecule is Cc1nc(CN2C(=O)CC3(C2=O)C(=O)N(CCCCOc2ccccc2)c2ccccc23)cs1. The van der Waals surface area contributed by atoms with Crippen molar-refractivity contribution in [1.29, 1.82) is 0 Å². The van der Waals surface area contributed by atoms with Gasteiger partial charge in [-0.2, -0.15) is 0 Å². The Morgan fingerprint density at radius 1 is 0.971 bits per heavy atom. The molecule has 2 aliphatic rings. The number of amides is 3. The molecular formula is C26H25N3O4S. The molecule has 1 unspecified atom stereocenters. The third-order valence-electron chi connectivity index (χ3n) is 6.37. The number of fused-ring (bicyclic) bond motifs is 2. The standard InChI is InChI=1S/C26H25N3O4S/c1-18-27-19(17-34-18)16-29-23(30)15-26(25(29)32)21-11-5-6-12-22(21)28(24(26)31)13-7-8-14-33-20-9-3-2-4-10-20/h2-6,9-12,17H,7-8,13-16H2,1H3. The third-order valence-corrected chi connectivity index (χ3v) is 7.19. The Morgan fingerprint density at radius 3 is 2.47 bits per heavy atom. The van der Waals surface area contributed by atoms with Crippen LogP contribution in [0.15, 0.2) is 60.0 Å². The van der Waals surface area contributed by atoms with Crippen LogP contribution in [0.4, 0.5) is 5.69 Å². The molecule has 2 aromatic carbocycles. The summed E-state index contributed by atoms with van der Waals surface area (Å²) in [6, 6.07) is 16.9. The number of anilines is 1. The van der Waals surface area contributed by atoms with Crippen molar-refractivity contribution in [3.8, 4) is 5.75 Å². The van der Waals surface area contributed by atoms with Gasteiger partial charge in [0.1, 0.15) is 5.75 Å². The van der Waals surface area contributed by atoms with Crippen LogP contribution < -0.4 is 9.64 Å². The van der Waals surface area contributed by atoms with Gasteiger partial charge in [0.05, 0.1) is 30.3 Å². The lowest BCUT2D eigenvalue weighted by molar-refractivity contribution is -0.142. The molecule has 8 heteroatoms. The summed E-state index contributed by atoms with van der Waals surface area (Å²) in [5.74, 6) is -0.282. The fraction of sp³-hybridized carbons (Fsp3) is 0.308. The second-order valence-electron chi connectivity index (χ2n) is 8.57. The molecule has 1 aromatic heterocycles. The molecule has 3 aromatic rings. The maximum Gasteiger partial charge on any atom is 0.250 e. The first-order valence-electron chi connectivity index (χ1n) is 11.4. The van der Waals surface area contributed by atoms with Gasteiger partial charge in [0.15, 0.2) is 5.41 Å². The van der Waals surface area contributed by atoms with Crippen molar-refractivity contribution in [2.24, 2.45) is 0 Å². The van der Waals surface area contributed by atoms with Gasteiger partial charge in [-0.3, -0.25) is 19.3 Å². The van der Waals surface area contributed by atoms with Crippen molar-refractivity contribution in [1.82, 2.24) is 9.88 Å². The number of carbonyl (C=O) groups excluding carboxylic acids is 3. The largest absolute Gasteiger partial charge is 0.494 e. The second-order valence-corrected chi connectivity index (χ2v) is 9.63.